The first-order valence-corrected chi connectivity index (χ1v) is 10.0. The van der Waals surface area contributed by atoms with Gasteiger partial charge in [0.15, 0.2) is 5.13 Å². The summed E-state index contributed by atoms with van der Waals surface area (Å²) in [7, 11) is 1.60. The number of hydrogen-bond donors (Lipinski definition) is 3. The molecule has 0 bridgehead atoms. The zero-order valence-electron chi connectivity index (χ0n) is 16.1. The number of hydrogen-bond acceptors (Lipinski definition) is 9. The standard InChI is InChI=1S/C20H19N5O4S/c1-28-12-2-4-13(5-3-12)29-10-16-24-17-14(19(27)25-16)6-7-21-18(17)15-11-30-20(23-15)22-8-9-26/h2-7,11,26H,8-10H2,1H3,(H,22,23)(H,24,25,27). The molecule has 0 fully saturated rings. The summed E-state index contributed by atoms with van der Waals surface area (Å²) in [5, 5.41) is 14.9. The van der Waals surface area contributed by atoms with Gasteiger partial charge in [-0.25, -0.2) is 9.97 Å². The lowest BCUT2D eigenvalue weighted by atomic mass is 10.2. The number of anilines is 1. The molecule has 3 aromatic heterocycles. The molecule has 0 amide bonds. The number of aromatic nitrogens is 4. The molecule has 0 saturated heterocycles. The van der Waals surface area contributed by atoms with E-state index < -0.39 is 0 Å². The molecule has 0 aliphatic rings. The van der Waals surface area contributed by atoms with E-state index in [2.05, 4.69) is 25.3 Å². The Balaban J connectivity index is 1.63. The molecule has 0 atom stereocenters. The molecule has 3 N–H and O–H groups in total. The number of H-pyrrole nitrogens is 1. The van der Waals surface area contributed by atoms with Crippen molar-refractivity contribution in [2.75, 3.05) is 25.6 Å². The van der Waals surface area contributed by atoms with Crippen LogP contribution in [0.2, 0.25) is 0 Å². The lowest BCUT2D eigenvalue weighted by Gasteiger charge is -2.08. The molecule has 0 unspecified atom stereocenters. The van der Waals surface area contributed by atoms with Crippen molar-refractivity contribution in [3.8, 4) is 22.9 Å². The number of ether oxygens (including phenoxy) is 2. The summed E-state index contributed by atoms with van der Waals surface area (Å²) in [4.78, 5) is 28.8. The Morgan fingerprint density at radius 3 is 2.73 bits per heavy atom. The molecule has 30 heavy (non-hydrogen) atoms. The molecule has 0 saturated carbocycles. The Morgan fingerprint density at radius 2 is 1.97 bits per heavy atom. The van der Waals surface area contributed by atoms with Gasteiger partial charge in [0.05, 0.1) is 19.1 Å². The minimum absolute atomic E-state index is 0.00984. The van der Waals surface area contributed by atoms with Gasteiger partial charge in [-0.15, -0.1) is 11.3 Å². The molecule has 4 aromatic rings. The van der Waals surface area contributed by atoms with E-state index in [9.17, 15) is 4.79 Å². The number of aliphatic hydroxyl groups is 1. The first-order valence-electron chi connectivity index (χ1n) is 9.13. The third-order valence-electron chi connectivity index (χ3n) is 4.24. The number of aromatic amines is 1. The van der Waals surface area contributed by atoms with Crippen molar-refractivity contribution in [2.45, 2.75) is 6.61 Å². The zero-order valence-corrected chi connectivity index (χ0v) is 16.9. The molecule has 3 heterocycles. The number of nitrogens with zero attached hydrogens (tertiary/aromatic N) is 3. The van der Waals surface area contributed by atoms with Crippen LogP contribution in [-0.4, -0.2) is 45.3 Å². The van der Waals surface area contributed by atoms with Crippen LogP contribution in [0.4, 0.5) is 5.13 Å². The monoisotopic (exact) mass is 425 g/mol. The number of methoxy groups -OCH3 is 1. The number of rotatable bonds is 8. The van der Waals surface area contributed by atoms with E-state index in [0.29, 0.717) is 45.5 Å². The number of benzene rings is 1. The van der Waals surface area contributed by atoms with Crippen LogP contribution in [0, 0.1) is 0 Å². The van der Waals surface area contributed by atoms with E-state index in [1.165, 1.54) is 11.3 Å². The average molecular weight is 425 g/mol. The summed E-state index contributed by atoms with van der Waals surface area (Å²) in [6.45, 7) is 0.503. The van der Waals surface area contributed by atoms with Gasteiger partial charge in [-0.3, -0.25) is 9.78 Å². The summed E-state index contributed by atoms with van der Waals surface area (Å²) in [5.74, 6) is 1.74. The number of pyridine rings is 1. The normalized spacial score (nSPS) is 10.9. The SMILES string of the molecule is COc1ccc(OCc2nc3c(-c4csc(NCCO)n4)nccc3c(=O)[nH]2)cc1. The van der Waals surface area contributed by atoms with Gasteiger partial charge < -0.3 is 24.9 Å². The largest absolute Gasteiger partial charge is 0.497 e. The first-order chi connectivity index (χ1) is 14.7. The predicted molar refractivity (Wildman–Crippen MR) is 114 cm³/mol. The fourth-order valence-electron chi connectivity index (χ4n) is 2.82. The summed E-state index contributed by atoms with van der Waals surface area (Å²) in [6.07, 6.45) is 1.56. The molecule has 0 spiro atoms. The Hall–Kier alpha value is -3.50. The Morgan fingerprint density at radius 1 is 1.17 bits per heavy atom. The third kappa shape index (κ3) is 4.24. The van der Waals surface area contributed by atoms with E-state index in [-0.39, 0.29) is 18.8 Å². The van der Waals surface area contributed by atoms with Gasteiger partial charge in [-0.1, -0.05) is 0 Å². The van der Waals surface area contributed by atoms with Crippen LogP contribution in [0.15, 0.2) is 46.7 Å². The molecular formula is C20H19N5O4S. The lowest BCUT2D eigenvalue weighted by Crippen LogP contribution is -2.14. The molecule has 0 aliphatic carbocycles. The molecular weight excluding hydrogens is 406 g/mol. The minimum Gasteiger partial charge on any atom is -0.497 e. The van der Waals surface area contributed by atoms with Crippen LogP contribution in [0.1, 0.15) is 5.82 Å². The predicted octanol–water partition coefficient (Wildman–Crippen LogP) is 2.43. The van der Waals surface area contributed by atoms with E-state index >= 15 is 0 Å². The zero-order chi connectivity index (χ0) is 20.9. The van der Waals surface area contributed by atoms with Crippen molar-refractivity contribution < 1.29 is 14.6 Å². The van der Waals surface area contributed by atoms with Crippen LogP contribution in [0.25, 0.3) is 22.3 Å². The topological polar surface area (TPSA) is 122 Å². The number of thiazole rings is 1. The van der Waals surface area contributed by atoms with Gasteiger partial charge >= 0.3 is 0 Å². The second-order valence-electron chi connectivity index (χ2n) is 6.22. The Bertz CT molecular complexity index is 1210. The molecule has 1 aromatic carbocycles. The van der Waals surface area contributed by atoms with E-state index in [4.69, 9.17) is 14.6 Å². The van der Waals surface area contributed by atoms with Crippen molar-refractivity contribution >= 4 is 27.4 Å². The molecule has 0 radical (unpaired) electrons. The maximum atomic E-state index is 12.6. The van der Waals surface area contributed by atoms with Crippen molar-refractivity contribution in [3.05, 3.63) is 58.1 Å². The highest BCUT2D eigenvalue weighted by Gasteiger charge is 2.14. The molecule has 9 nitrogen and oxygen atoms in total. The van der Waals surface area contributed by atoms with Crippen molar-refractivity contribution in [2.24, 2.45) is 0 Å². The highest BCUT2D eigenvalue weighted by atomic mass is 32.1. The van der Waals surface area contributed by atoms with Gasteiger partial charge in [-0.05, 0) is 30.3 Å². The van der Waals surface area contributed by atoms with Crippen molar-refractivity contribution in [1.82, 2.24) is 19.9 Å². The second-order valence-corrected chi connectivity index (χ2v) is 7.08. The van der Waals surface area contributed by atoms with Gasteiger partial charge in [0.1, 0.15) is 40.8 Å². The van der Waals surface area contributed by atoms with Gasteiger partial charge in [0.2, 0.25) is 0 Å². The van der Waals surface area contributed by atoms with Gasteiger partial charge in [-0.2, -0.15) is 0 Å². The molecule has 0 aliphatic heterocycles. The summed E-state index contributed by atoms with van der Waals surface area (Å²) in [5.41, 5.74) is 1.29. The molecule has 154 valence electrons. The second kappa shape index (κ2) is 8.89. The quantitative estimate of drug-likeness (QED) is 0.393. The van der Waals surface area contributed by atoms with Crippen LogP contribution in [-0.2, 0) is 6.61 Å². The fourth-order valence-corrected chi connectivity index (χ4v) is 3.54. The molecule has 10 heteroatoms. The summed E-state index contributed by atoms with van der Waals surface area (Å²) in [6, 6.07) is 8.76. The maximum absolute atomic E-state index is 12.6. The van der Waals surface area contributed by atoms with Gasteiger partial charge in [0.25, 0.3) is 5.56 Å². The summed E-state index contributed by atoms with van der Waals surface area (Å²) < 4.78 is 10.9. The maximum Gasteiger partial charge on any atom is 0.258 e. The minimum atomic E-state index is -0.272. The average Bonchev–Trinajstić information content (AvgIpc) is 3.25. The van der Waals surface area contributed by atoms with Crippen LogP contribution in [0.3, 0.4) is 0 Å². The third-order valence-corrected chi connectivity index (χ3v) is 5.04. The van der Waals surface area contributed by atoms with Crippen molar-refractivity contribution in [3.63, 3.8) is 0 Å². The van der Waals surface area contributed by atoms with Crippen molar-refractivity contribution in [1.29, 1.82) is 0 Å². The Labute approximate surface area is 175 Å². The summed E-state index contributed by atoms with van der Waals surface area (Å²) >= 11 is 1.39. The van der Waals surface area contributed by atoms with E-state index in [1.54, 1.807) is 43.6 Å². The number of fused-ring (bicyclic) bond motifs is 1. The van der Waals surface area contributed by atoms with E-state index in [1.807, 2.05) is 5.38 Å². The van der Waals surface area contributed by atoms with E-state index in [0.717, 1.165) is 5.75 Å². The fraction of sp³-hybridized carbons (Fsp3) is 0.200. The highest BCUT2D eigenvalue weighted by Crippen LogP contribution is 2.27. The Kier molecular flexibility index (Phi) is 5.87. The molecule has 4 rings (SSSR count). The number of nitrogens with one attached hydrogen (secondary N) is 2. The smallest absolute Gasteiger partial charge is 0.258 e. The number of aliphatic hydroxyl groups excluding tert-OH is 1. The lowest BCUT2D eigenvalue weighted by molar-refractivity contribution is 0.295. The van der Waals surface area contributed by atoms with Crippen LogP contribution in [0.5, 0.6) is 11.5 Å². The van der Waals surface area contributed by atoms with Crippen LogP contribution < -0.4 is 20.3 Å². The van der Waals surface area contributed by atoms with Gasteiger partial charge in [0, 0.05) is 18.1 Å². The first kappa shape index (κ1) is 19.8. The van der Waals surface area contributed by atoms with Crippen LogP contribution >= 0.6 is 11.3 Å². The highest BCUT2D eigenvalue weighted by molar-refractivity contribution is 7.14.